The fourth-order valence-corrected chi connectivity index (χ4v) is 5.78. The molecule has 0 saturated heterocycles. The minimum absolute atomic E-state index is 0.0804. The molecule has 0 amide bonds. The van der Waals surface area contributed by atoms with Crippen LogP contribution in [0.5, 0.6) is 0 Å². The van der Waals surface area contributed by atoms with Crippen molar-refractivity contribution in [2.24, 2.45) is 0 Å². The van der Waals surface area contributed by atoms with Gasteiger partial charge in [-0.25, -0.2) is 0 Å². The van der Waals surface area contributed by atoms with Gasteiger partial charge in [-0.3, -0.25) is 14.4 Å². The highest BCUT2D eigenvalue weighted by molar-refractivity contribution is 5.67. The molecular formula is C34H64NO6+. The molecule has 3 N–H and O–H groups in total. The summed E-state index contributed by atoms with van der Waals surface area (Å²) >= 11 is 0. The number of carboxylic acid groups (broad SMARTS) is 3. The molecule has 0 unspecified atom stereocenters. The maximum absolute atomic E-state index is 11.1. The Morgan fingerprint density at radius 2 is 0.732 bits per heavy atom. The molecule has 0 fully saturated rings. The van der Waals surface area contributed by atoms with E-state index in [4.69, 9.17) is 15.3 Å². The van der Waals surface area contributed by atoms with Crippen molar-refractivity contribution in [3.8, 4) is 0 Å². The van der Waals surface area contributed by atoms with E-state index >= 15 is 0 Å². The number of carboxylic acids is 3. The lowest BCUT2D eigenvalue weighted by Gasteiger charge is -2.39. The van der Waals surface area contributed by atoms with Crippen molar-refractivity contribution in [3.05, 3.63) is 12.2 Å². The van der Waals surface area contributed by atoms with Crippen molar-refractivity contribution in [3.63, 3.8) is 0 Å². The molecule has 7 heteroatoms. The lowest BCUT2D eigenvalue weighted by atomic mass is 10.0. The molecule has 0 saturated carbocycles. The van der Waals surface area contributed by atoms with Crippen LogP contribution in [0.25, 0.3) is 0 Å². The fourth-order valence-electron chi connectivity index (χ4n) is 5.78. The van der Waals surface area contributed by atoms with Gasteiger partial charge < -0.3 is 19.8 Å². The number of aliphatic carboxylic acids is 3. The molecular weight excluding hydrogens is 518 g/mol. The summed E-state index contributed by atoms with van der Waals surface area (Å²) in [6.07, 6.45) is 29.9. The van der Waals surface area contributed by atoms with Crippen LogP contribution >= 0.6 is 0 Å². The van der Waals surface area contributed by atoms with Gasteiger partial charge in [0.15, 0.2) is 0 Å². The second-order valence-corrected chi connectivity index (χ2v) is 12.1. The highest BCUT2D eigenvalue weighted by atomic mass is 16.4. The van der Waals surface area contributed by atoms with Gasteiger partial charge in [0.2, 0.25) is 0 Å². The van der Waals surface area contributed by atoms with Crippen LogP contribution in [0.15, 0.2) is 12.2 Å². The molecule has 0 aromatic carbocycles. The summed E-state index contributed by atoms with van der Waals surface area (Å²) in [6, 6.07) is 0. The molecule has 0 aliphatic rings. The second-order valence-electron chi connectivity index (χ2n) is 12.1. The summed E-state index contributed by atoms with van der Waals surface area (Å²) in [4.78, 5) is 33.2. The average Bonchev–Trinajstić information content (AvgIpc) is 2.91. The van der Waals surface area contributed by atoms with Crippen LogP contribution in [0.3, 0.4) is 0 Å². The SMILES string of the molecule is CCCCCCCCCCCCCCCCC/C=C/CCC[N+](CCCC(=O)O)(CCCC(=O)O)CCCC(=O)O. The van der Waals surface area contributed by atoms with E-state index in [9.17, 15) is 14.4 Å². The number of rotatable bonds is 32. The van der Waals surface area contributed by atoms with Gasteiger partial charge in [-0.15, -0.1) is 0 Å². The zero-order chi connectivity index (χ0) is 30.4. The molecule has 240 valence electrons. The van der Waals surface area contributed by atoms with E-state index in [1.165, 1.54) is 96.3 Å². The molecule has 0 aromatic rings. The van der Waals surface area contributed by atoms with Gasteiger partial charge in [0.05, 0.1) is 45.4 Å². The topological polar surface area (TPSA) is 112 Å². The molecule has 0 aliphatic carbocycles. The summed E-state index contributed by atoms with van der Waals surface area (Å²) < 4.78 is 0.612. The van der Waals surface area contributed by atoms with Gasteiger partial charge in [0, 0.05) is 25.7 Å². The van der Waals surface area contributed by atoms with E-state index in [-0.39, 0.29) is 19.3 Å². The predicted molar refractivity (Wildman–Crippen MR) is 168 cm³/mol. The number of unbranched alkanes of at least 4 members (excludes halogenated alkanes) is 16. The first-order chi connectivity index (χ1) is 19.8. The van der Waals surface area contributed by atoms with E-state index < -0.39 is 17.9 Å². The van der Waals surface area contributed by atoms with Crippen LogP contribution in [0.1, 0.15) is 161 Å². The zero-order valence-corrected chi connectivity index (χ0v) is 26.5. The minimum Gasteiger partial charge on any atom is -0.481 e. The fraction of sp³-hybridized carbons (Fsp3) is 0.853. The number of carbonyl (C=O) groups is 3. The Morgan fingerprint density at radius 3 is 1.07 bits per heavy atom. The largest absolute Gasteiger partial charge is 0.481 e. The Hall–Kier alpha value is -1.89. The molecule has 41 heavy (non-hydrogen) atoms. The Bertz CT molecular complexity index is 628. The highest BCUT2D eigenvalue weighted by Gasteiger charge is 2.27. The third kappa shape index (κ3) is 28.0. The number of allylic oxidation sites excluding steroid dienone is 2. The minimum atomic E-state index is -0.832. The van der Waals surface area contributed by atoms with Gasteiger partial charge in [0.1, 0.15) is 0 Å². The van der Waals surface area contributed by atoms with E-state index in [2.05, 4.69) is 19.1 Å². The van der Waals surface area contributed by atoms with Crippen molar-refractivity contribution in [2.75, 3.05) is 26.2 Å². The average molecular weight is 583 g/mol. The third-order valence-corrected chi connectivity index (χ3v) is 8.21. The molecule has 0 aliphatic heterocycles. The van der Waals surface area contributed by atoms with Crippen LogP contribution in [0.2, 0.25) is 0 Å². The third-order valence-electron chi connectivity index (χ3n) is 8.21. The zero-order valence-electron chi connectivity index (χ0n) is 26.5. The van der Waals surface area contributed by atoms with Crippen LogP contribution in [-0.2, 0) is 14.4 Å². The van der Waals surface area contributed by atoms with Gasteiger partial charge in [0.25, 0.3) is 0 Å². The Balaban J connectivity index is 4.14. The van der Waals surface area contributed by atoms with Gasteiger partial charge in [-0.2, -0.15) is 0 Å². The number of quaternary nitrogens is 1. The quantitative estimate of drug-likeness (QED) is 0.0414. The van der Waals surface area contributed by atoms with Crippen LogP contribution in [-0.4, -0.2) is 63.9 Å². The summed E-state index contributed by atoms with van der Waals surface area (Å²) in [5.74, 6) is -2.50. The standard InChI is InChI=1S/C34H63NO6/c1-2-3-4-5-6-7-8-9-10-11-12-13-14-15-16-17-18-19-20-21-28-35(29-22-25-32(36)37,30-23-26-33(38)39)31-24-27-34(40)41/h18-19H,2-17,20-31H2,1H3,(H2-,36,37,38,39,40,41)/p+1/b19-18+. The molecule has 0 bridgehead atoms. The van der Waals surface area contributed by atoms with Crippen molar-refractivity contribution in [1.82, 2.24) is 0 Å². The molecule has 0 aromatic heterocycles. The maximum Gasteiger partial charge on any atom is 0.303 e. The van der Waals surface area contributed by atoms with Crippen molar-refractivity contribution in [2.45, 2.75) is 161 Å². The molecule has 0 radical (unpaired) electrons. The first kappa shape index (κ1) is 39.1. The maximum atomic E-state index is 11.1. The van der Waals surface area contributed by atoms with Crippen LogP contribution in [0, 0.1) is 0 Å². The first-order valence-corrected chi connectivity index (χ1v) is 17.0. The first-order valence-electron chi connectivity index (χ1n) is 17.0. The van der Waals surface area contributed by atoms with E-state index in [1.807, 2.05) is 0 Å². The predicted octanol–water partition coefficient (Wildman–Crippen LogP) is 9.00. The van der Waals surface area contributed by atoms with Crippen molar-refractivity contribution in [1.29, 1.82) is 0 Å². The number of hydrogen-bond donors (Lipinski definition) is 3. The summed E-state index contributed by atoms with van der Waals surface area (Å²) in [6.45, 7) is 5.04. The second kappa shape index (κ2) is 28.2. The van der Waals surface area contributed by atoms with E-state index in [1.54, 1.807) is 0 Å². The molecule has 0 rings (SSSR count). The van der Waals surface area contributed by atoms with E-state index in [0.717, 1.165) is 25.8 Å². The lowest BCUT2D eigenvalue weighted by molar-refractivity contribution is -0.928. The van der Waals surface area contributed by atoms with Crippen molar-refractivity contribution < 1.29 is 34.2 Å². The van der Waals surface area contributed by atoms with Gasteiger partial charge >= 0.3 is 17.9 Å². The monoisotopic (exact) mass is 582 g/mol. The highest BCUT2D eigenvalue weighted by Crippen LogP contribution is 2.18. The lowest BCUT2D eigenvalue weighted by Crippen LogP contribution is -2.51. The summed E-state index contributed by atoms with van der Waals surface area (Å²) in [5.41, 5.74) is 0. The molecule has 0 atom stereocenters. The smallest absolute Gasteiger partial charge is 0.303 e. The molecule has 0 spiro atoms. The normalized spacial score (nSPS) is 11.8. The van der Waals surface area contributed by atoms with Gasteiger partial charge in [-0.05, 0) is 19.3 Å². The van der Waals surface area contributed by atoms with Crippen LogP contribution in [0.4, 0.5) is 0 Å². The van der Waals surface area contributed by atoms with Crippen molar-refractivity contribution >= 4 is 17.9 Å². The Morgan fingerprint density at radius 1 is 0.439 bits per heavy atom. The summed E-state index contributed by atoms with van der Waals surface area (Å²) in [7, 11) is 0. The molecule has 7 nitrogen and oxygen atoms in total. The Labute approximate surface area is 251 Å². The molecule has 0 heterocycles. The van der Waals surface area contributed by atoms with Crippen LogP contribution < -0.4 is 0 Å². The summed E-state index contributed by atoms with van der Waals surface area (Å²) in [5, 5.41) is 27.3. The van der Waals surface area contributed by atoms with E-state index in [0.29, 0.717) is 43.4 Å². The Kier molecular flexibility index (Phi) is 26.9. The number of nitrogens with zero attached hydrogens (tertiary/aromatic N) is 1. The van der Waals surface area contributed by atoms with Gasteiger partial charge in [-0.1, -0.05) is 109 Å². The number of hydrogen-bond acceptors (Lipinski definition) is 3.